The van der Waals surface area contributed by atoms with E-state index in [1.165, 1.54) is 13.8 Å². The molecule has 1 atom stereocenters. The highest BCUT2D eigenvalue weighted by Crippen LogP contribution is 2.22. The van der Waals surface area contributed by atoms with Crippen LogP contribution in [-0.4, -0.2) is 24.5 Å². The SMILES string of the molecule is CC(=O)O[C@@H](C)OC(=O)OC1CCC1. The van der Waals surface area contributed by atoms with Crippen molar-refractivity contribution in [2.75, 3.05) is 0 Å². The Labute approximate surface area is 82.3 Å². The number of hydrogen-bond donors (Lipinski definition) is 0. The topological polar surface area (TPSA) is 61.8 Å². The van der Waals surface area contributed by atoms with Crippen LogP contribution in [-0.2, 0) is 19.0 Å². The maximum Gasteiger partial charge on any atom is 0.511 e. The van der Waals surface area contributed by atoms with Gasteiger partial charge < -0.3 is 14.2 Å². The van der Waals surface area contributed by atoms with Crippen LogP contribution in [0.15, 0.2) is 0 Å². The van der Waals surface area contributed by atoms with Gasteiger partial charge in [-0.2, -0.15) is 0 Å². The molecule has 0 bridgehead atoms. The molecule has 1 aliphatic rings. The first-order chi connectivity index (χ1) is 6.58. The Morgan fingerprint density at radius 1 is 1.29 bits per heavy atom. The minimum Gasteiger partial charge on any atom is -0.431 e. The fourth-order valence-electron chi connectivity index (χ4n) is 1.05. The molecule has 0 amide bonds. The molecule has 0 aromatic heterocycles. The Balaban J connectivity index is 2.14. The summed E-state index contributed by atoms with van der Waals surface area (Å²) in [6.07, 6.45) is 1.17. The highest BCUT2D eigenvalue weighted by Gasteiger charge is 2.23. The average molecular weight is 202 g/mol. The van der Waals surface area contributed by atoms with Crippen molar-refractivity contribution in [1.82, 2.24) is 0 Å². The lowest BCUT2D eigenvalue weighted by atomic mass is 9.96. The summed E-state index contributed by atoms with van der Waals surface area (Å²) in [5.74, 6) is -0.492. The van der Waals surface area contributed by atoms with Gasteiger partial charge in [0, 0.05) is 13.8 Å². The van der Waals surface area contributed by atoms with Gasteiger partial charge >= 0.3 is 12.1 Å². The predicted octanol–water partition coefficient (Wildman–Crippen LogP) is 1.60. The first kappa shape index (κ1) is 10.8. The molecule has 0 aromatic carbocycles. The second kappa shape index (κ2) is 4.83. The summed E-state index contributed by atoms with van der Waals surface area (Å²) in [4.78, 5) is 21.5. The zero-order chi connectivity index (χ0) is 10.6. The molecular weight excluding hydrogens is 188 g/mol. The van der Waals surface area contributed by atoms with E-state index < -0.39 is 18.4 Å². The largest absolute Gasteiger partial charge is 0.511 e. The number of hydrogen-bond acceptors (Lipinski definition) is 5. The van der Waals surface area contributed by atoms with Gasteiger partial charge in [0.25, 0.3) is 0 Å². The molecule has 1 aliphatic carbocycles. The van der Waals surface area contributed by atoms with Gasteiger partial charge in [0.1, 0.15) is 6.10 Å². The third-order valence-corrected chi connectivity index (χ3v) is 1.91. The van der Waals surface area contributed by atoms with Crippen LogP contribution in [0.2, 0.25) is 0 Å². The van der Waals surface area contributed by atoms with E-state index in [2.05, 4.69) is 9.47 Å². The Morgan fingerprint density at radius 2 is 1.93 bits per heavy atom. The van der Waals surface area contributed by atoms with Crippen LogP contribution in [0.4, 0.5) is 4.79 Å². The molecular formula is C9H14O5. The van der Waals surface area contributed by atoms with Crippen LogP contribution in [0.3, 0.4) is 0 Å². The van der Waals surface area contributed by atoms with Crippen LogP contribution >= 0.6 is 0 Å². The van der Waals surface area contributed by atoms with Gasteiger partial charge in [-0.15, -0.1) is 0 Å². The monoisotopic (exact) mass is 202 g/mol. The second-order valence-corrected chi connectivity index (χ2v) is 3.22. The third kappa shape index (κ3) is 3.64. The number of rotatable bonds is 3. The molecule has 0 saturated heterocycles. The van der Waals surface area contributed by atoms with E-state index in [0.717, 1.165) is 19.3 Å². The van der Waals surface area contributed by atoms with Crippen LogP contribution in [0.1, 0.15) is 33.1 Å². The first-order valence-electron chi connectivity index (χ1n) is 4.62. The quantitative estimate of drug-likeness (QED) is 0.513. The lowest BCUT2D eigenvalue weighted by Gasteiger charge is -2.25. The van der Waals surface area contributed by atoms with Crippen molar-refractivity contribution in [3.8, 4) is 0 Å². The molecule has 0 N–H and O–H groups in total. The maximum absolute atomic E-state index is 11.0. The fourth-order valence-corrected chi connectivity index (χ4v) is 1.05. The van der Waals surface area contributed by atoms with Gasteiger partial charge in [0.05, 0.1) is 0 Å². The molecule has 0 spiro atoms. The van der Waals surface area contributed by atoms with Crippen molar-refractivity contribution in [1.29, 1.82) is 0 Å². The molecule has 1 rings (SSSR count). The zero-order valence-electron chi connectivity index (χ0n) is 8.32. The second-order valence-electron chi connectivity index (χ2n) is 3.22. The summed E-state index contributed by atoms with van der Waals surface area (Å²) in [7, 11) is 0. The van der Waals surface area contributed by atoms with Gasteiger partial charge in [-0.25, -0.2) is 4.79 Å². The normalized spacial score (nSPS) is 17.9. The number of ether oxygens (including phenoxy) is 3. The predicted molar refractivity (Wildman–Crippen MR) is 46.4 cm³/mol. The zero-order valence-corrected chi connectivity index (χ0v) is 8.32. The molecule has 14 heavy (non-hydrogen) atoms. The lowest BCUT2D eigenvalue weighted by Crippen LogP contribution is -2.28. The summed E-state index contributed by atoms with van der Waals surface area (Å²) >= 11 is 0. The van der Waals surface area contributed by atoms with Crippen LogP contribution in [0.25, 0.3) is 0 Å². The van der Waals surface area contributed by atoms with Gasteiger partial charge in [0.15, 0.2) is 0 Å². The Hall–Kier alpha value is -1.26. The Kier molecular flexibility index (Phi) is 3.73. The molecule has 0 aliphatic heterocycles. The highest BCUT2D eigenvalue weighted by atomic mass is 16.8. The number of carbonyl (C=O) groups is 2. The average Bonchev–Trinajstić information content (AvgIpc) is 1.94. The Morgan fingerprint density at radius 3 is 2.36 bits per heavy atom. The van der Waals surface area contributed by atoms with E-state index in [1.54, 1.807) is 0 Å². The third-order valence-electron chi connectivity index (χ3n) is 1.91. The van der Waals surface area contributed by atoms with Gasteiger partial charge in [-0.05, 0) is 19.3 Å². The van der Waals surface area contributed by atoms with E-state index >= 15 is 0 Å². The van der Waals surface area contributed by atoms with E-state index in [-0.39, 0.29) is 6.10 Å². The number of esters is 1. The van der Waals surface area contributed by atoms with E-state index in [1.807, 2.05) is 0 Å². The molecule has 1 fully saturated rings. The molecule has 0 heterocycles. The van der Waals surface area contributed by atoms with Crippen LogP contribution in [0, 0.1) is 0 Å². The summed E-state index contributed by atoms with van der Waals surface area (Å²) in [5.41, 5.74) is 0. The standard InChI is InChI=1S/C9H14O5/c1-6(10)12-7(2)13-9(11)14-8-4-3-5-8/h7-8H,3-5H2,1-2H3/t7-/m1/s1. The van der Waals surface area contributed by atoms with Gasteiger partial charge in [-0.3, -0.25) is 4.79 Å². The molecule has 80 valence electrons. The van der Waals surface area contributed by atoms with Crippen LogP contribution < -0.4 is 0 Å². The first-order valence-corrected chi connectivity index (χ1v) is 4.62. The van der Waals surface area contributed by atoms with E-state index in [0.29, 0.717) is 0 Å². The lowest BCUT2D eigenvalue weighted by molar-refractivity contribution is -0.166. The maximum atomic E-state index is 11.0. The summed E-state index contributed by atoms with van der Waals surface area (Å²) in [5, 5.41) is 0. The number of carbonyl (C=O) groups excluding carboxylic acids is 2. The summed E-state index contributed by atoms with van der Waals surface area (Å²) < 4.78 is 14.1. The Bertz CT molecular complexity index is 221. The molecule has 1 saturated carbocycles. The molecule has 5 heteroatoms. The minimum absolute atomic E-state index is 0.0213. The van der Waals surface area contributed by atoms with E-state index in [9.17, 15) is 9.59 Å². The van der Waals surface area contributed by atoms with Gasteiger partial charge in [-0.1, -0.05) is 0 Å². The van der Waals surface area contributed by atoms with Gasteiger partial charge in [0.2, 0.25) is 6.29 Å². The summed E-state index contributed by atoms with van der Waals surface area (Å²) in [6.45, 7) is 2.71. The highest BCUT2D eigenvalue weighted by molar-refractivity contribution is 5.66. The van der Waals surface area contributed by atoms with Crippen LogP contribution in [0.5, 0.6) is 0 Å². The fraction of sp³-hybridized carbons (Fsp3) is 0.778. The van der Waals surface area contributed by atoms with Crippen molar-refractivity contribution >= 4 is 12.1 Å². The molecule has 0 aromatic rings. The van der Waals surface area contributed by atoms with E-state index in [4.69, 9.17) is 4.74 Å². The summed E-state index contributed by atoms with van der Waals surface area (Å²) in [6, 6.07) is 0. The van der Waals surface area contributed by atoms with Crippen molar-refractivity contribution in [2.45, 2.75) is 45.5 Å². The van der Waals surface area contributed by atoms with Crippen molar-refractivity contribution in [2.24, 2.45) is 0 Å². The molecule has 0 radical (unpaired) electrons. The minimum atomic E-state index is -0.889. The molecule has 5 nitrogen and oxygen atoms in total. The smallest absolute Gasteiger partial charge is 0.431 e. The van der Waals surface area contributed by atoms with Crippen molar-refractivity contribution in [3.05, 3.63) is 0 Å². The van der Waals surface area contributed by atoms with Crippen molar-refractivity contribution < 1.29 is 23.8 Å². The van der Waals surface area contributed by atoms with Crippen molar-refractivity contribution in [3.63, 3.8) is 0 Å². The molecule has 0 unspecified atom stereocenters.